The minimum absolute atomic E-state index is 0.103. The largest absolute Gasteiger partial charge is 0.508 e. The average Bonchev–Trinajstić information content (AvgIpc) is 2.76. The second kappa shape index (κ2) is 10.3. The van der Waals surface area contributed by atoms with E-state index in [9.17, 15) is 34.8 Å². The lowest BCUT2D eigenvalue weighted by molar-refractivity contribution is -0.192. The van der Waals surface area contributed by atoms with Gasteiger partial charge in [0.05, 0.1) is 14.2 Å². The molecule has 10 nitrogen and oxygen atoms in total. The minimum Gasteiger partial charge on any atom is -0.508 e. The number of ether oxygens (including phenoxy) is 3. The topological polar surface area (TPSA) is 160 Å². The molecule has 4 N–H and O–H groups in total. The summed E-state index contributed by atoms with van der Waals surface area (Å²) in [6.45, 7) is 0. The maximum absolute atomic E-state index is 12.2. The summed E-state index contributed by atoms with van der Waals surface area (Å²) >= 11 is 0. The summed E-state index contributed by atoms with van der Waals surface area (Å²) in [6.07, 6.45) is -0.911. The number of aromatic hydroxyl groups is 1. The van der Waals surface area contributed by atoms with Crippen LogP contribution in [0, 0.1) is 0 Å². The molecule has 0 fully saturated rings. The van der Waals surface area contributed by atoms with Gasteiger partial charge >= 0.3 is 17.9 Å². The molecule has 0 radical (unpaired) electrons. The van der Waals surface area contributed by atoms with E-state index in [1.54, 1.807) is 18.2 Å². The number of hydrogen-bond donors (Lipinski definition) is 4. The van der Waals surface area contributed by atoms with Gasteiger partial charge in [0.25, 0.3) is 0 Å². The van der Waals surface area contributed by atoms with Crippen molar-refractivity contribution in [1.82, 2.24) is 0 Å². The fraction of sp³-hybridized carbons (Fsp3) is 0.227. The van der Waals surface area contributed by atoms with Gasteiger partial charge in [-0.2, -0.15) is 0 Å². The summed E-state index contributed by atoms with van der Waals surface area (Å²) in [5.41, 5.74) is -2.27. The standard InChI is InChI=1S/C22H22O10/c1-30-16-9-5-13(11-17(16)31-2)6-10-18(24)32-19(20(25)26)22(29,21(27)28)12-14-3-7-15(23)8-4-14/h3-11,19,23,29H,12H2,1-2H3,(H,25,26)(H,27,28)/b10-6+/t19-,22-/m0/s1. The number of aliphatic hydroxyl groups is 1. The monoisotopic (exact) mass is 446 g/mol. The van der Waals surface area contributed by atoms with E-state index in [1.165, 1.54) is 44.6 Å². The van der Waals surface area contributed by atoms with Crippen LogP contribution < -0.4 is 9.47 Å². The van der Waals surface area contributed by atoms with Gasteiger partial charge in [0.1, 0.15) is 5.75 Å². The normalized spacial score (nSPS) is 13.7. The van der Waals surface area contributed by atoms with Crippen LogP contribution in [-0.4, -0.2) is 64.3 Å². The first-order valence-corrected chi connectivity index (χ1v) is 9.18. The summed E-state index contributed by atoms with van der Waals surface area (Å²) in [7, 11) is 2.89. The van der Waals surface area contributed by atoms with Crippen LogP contribution in [-0.2, 0) is 25.5 Å². The molecular weight excluding hydrogens is 424 g/mol. The van der Waals surface area contributed by atoms with Crippen molar-refractivity contribution in [2.45, 2.75) is 18.1 Å². The lowest BCUT2D eigenvalue weighted by Crippen LogP contribution is -2.56. The van der Waals surface area contributed by atoms with E-state index in [2.05, 4.69) is 0 Å². The Morgan fingerprint density at radius 1 is 1.00 bits per heavy atom. The Morgan fingerprint density at radius 3 is 2.16 bits per heavy atom. The van der Waals surface area contributed by atoms with E-state index >= 15 is 0 Å². The smallest absolute Gasteiger partial charge is 0.348 e. The summed E-state index contributed by atoms with van der Waals surface area (Å²) < 4.78 is 15.1. The molecule has 170 valence electrons. The Morgan fingerprint density at radius 2 is 1.62 bits per heavy atom. The van der Waals surface area contributed by atoms with Crippen LogP contribution in [0.4, 0.5) is 0 Å². The van der Waals surface area contributed by atoms with E-state index in [-0.39, 0.29) is 11.3 Å². The van der Waals surface area contributed by atoms with Gasteiger partial charge in [0.2, 0.25) is 11.7 Å². The van der Waals surface area contributed by atoms with Crippen LogP contribution in [0.3, 0.4) is 0 Å². The minimum atomic E-state index is -2.96. The Kier molecular flexibility index (Phi) is 7.81. The van der Waals surface area contributed by atoms with Gasteiger partial charge in [-0.25, -0.2) is 14.4 Å². The Hall–Kier alpha value is -4.05. The van der Waals surface area contributed by atoms with Crippen LogP contribution in [0.5, 0.6) is 17.2 Å². The van der Waals surface area contributed by atoms with Gasteiger partial charge in [-0.05, 0) is 41.5 Å². The highest BCUT2D eigenvalue weighted by Crippen LogP contribution is 2.28. The molecule has 2 atom stereocenters. The van der Waals surface area contributed by atoms with Gasteiger partial charge in [0, 0.05) is 12.5 Å². The first kappa shape index (κ1) is 24.2. The van der Waals surface area contributed by atoms with Crippen molar-refractivity contribution in [2.75, 3.05) is 14.2 Å². The quantitative estimate of drug-likeness (QED) is 0.311. The van der Waals surface area contributed by atoms with E-state index in [0.29, 0.717) is 17.1 Å². The highest BCUT2D eigenvalue weighted by Gasteiger charge is 2.51. The molecule has 0 amide bonds. The second-order valence-corrected chi connectivity index (χ2v) is 6.68. The van der Waals surface area contributed by atoms with Crippen molar-refractivity contribution in [3.05, 3.63) is 59.7 Å². The number of phenols is 1. The first-order valence-electron chi connectivity index (χ1n) is 9.18. The third-order valence-electron chi connectivity index (χ3n) is 4.49. The van der Waals surface area contributed by atoms with Crippen molar-refractivity contribution in [3.63, 3.8) is 0 Å². The number of phenolic OH excluding ortho intramolecular Hbond substituents is 1. The van der Waals surface area contributed by atoms with Gasteiger partial charge in [-0.3, -0.25) is 0 Å². The number of aliphatic carboxylic acids is 2. The third-order valence-corrected chi connectivity index (χ3v) is 4.49. The Balaban J connectivity index is 2.24. The van der Waals surface area contributed by atoms with Crippen molar-refractivity contribution in [3.8, 4) is 17.2 Å². The molecule has 32 heavy (non-hydrogen) atoms. The molecule has 0 aliphatic carbocycles. The molecule has 10 heteroatoms. The number of carbonyl (C=O) groups is 3. The molecule has 0 spiro atoms. The number of rotatable bonds is 10. The van der Waals surface area contributed by atoms with E-state index < -0.39 is 36.0 Å². The van der Waals surface area contributed by atoms with Crippen LogP contribution >= 0.6 is 0 Å². The maximum atomic E-state index is 12.2. The molecule has 0 saturated carbocycles. The Bertz CT molecular complexity index is 1010. The van der Waals surface area contributed by atoms with E-state index in [1.807, 2.05) is 0 Å². The summed E-state index contributed by atoms with van der Waals surface area (Å²) in [5.74, 6) is -4.18. The van der Waals surface area contributed by atoms with Gasteiger partial charge < -0.3 is 34.6 Å². The molecular formula is C22H22O10. The SMILES string of the molecule is COc1ccc(/C=C/C(=O)O[C@@H](C(=O)O)[C@@](O)(Cc2ccc(O)cc2)C(=O)O)cc1OC. The highest BCUT2D eigenvalue weighted by atomic mass is 16.6. The number of carboxylic acid groups (broad SMARTS) is 2. The zero-order valence-corrected chi connectivity index (χ0v) is 17.2. The van der Waals surface area contributed by atoms with Gasteiger partial charge in [0.15, 0.2) is 11.5 Å². The molecule has 0 aliphatic rings. The number of esters is 1. The maximum Gasteiger partial charge on any atom is 0.348 e. The lowest BCUT2D eigenvalue weighted by atomic mass is 9.88. The molecule has 0 saturated heterocycles. The molecule has 2 rings (SSSR count). The van der Waals surface area contributed by atoms with Crippen LogP contribution in [0.2, 0.25) is 0 Å². The molecule has 0 aliphatic heterocycles. The third kappa shape index (κ3) is 5.76. The average molecular weight is 446 g/mol. The van der Waals surface area contributed by atoms with Crippen molar-refractivity contribution in [2.24, 2.45) is 0 Å². The van der Waals surface area contributed by atoms with Crippen LogP contribution in [0.25, 0.3) is 6.08 Å². The summed E-state index contributed by atoms with van der Waals surface area (Å²) in [6, 6.07) is 9.83. The number of methoxy groups -OCH3 is 2. The fourth-order valence-electron chi connectivity index (χ4n) is 2.83. The second-order valence-electron chi connectivity index (χ2n) is 6.68. The molecule has 2 aromatic rings. The number of carboxylic acids is 2. The van der Waals surface area contributed by atoms with Gasteiger partial charge in [-0.15, -0.1) is 0 Å². The highest BCUT2D eigenvalue weighted by molar-refractivity contribution is 5.93. The zero-order valence-electron chi connectivity index (χ0n) is 17.2. The molecule has 0 unspecified atom stereocenters. The first-order chi connectivity index (χ1) is 15.1. The van der Waals surface area contributed by atoms with Crippen molar-refractivity contribution < 1.29 is 49.0 Å². The number of hydrogen-bond acceptors (Lipinski definition) is 8. The van der Waals surface area contributed by atoms with Crippen molar-refractivity contribution in [1.29, 1.82) is 0 Å². The van der Waals surface area contributed by atoms with E-state index in [0.717, 1.165) is 6.08 Å². The lowest BCUT2D eigenvalue weighted by Gasteiger charge is -2.29. The summed E-state index contributed by atoms with van der Waals surface area (Å²) in [4.78, 5) is 35.6. The molecule has 0 aromatic heterocycles. The van der Waals surface area contributed by atoms with E-state index in [4.69, 9.17) is 14.2 Å². The van der Waals surface area contributed by atoms with Crippen LogP contribution in [0.15, 0.2) is 48.5 Å². The number of carbonyl (C=O) groups excluding carboxylic acids is 1. The summed E-state index contributed by atoms with van der Waals surface area (Å²) in [5, 5.41) is 38.9. The fourth-order valence-corrected chi connectivity index (χ4v) is 2.83. The predicted octanol–water partition coefficient (Wildman–Crippen LogP) is 1.48. The number of benzene rings is 2. The van der Waals surface area contributed by atoms with Gasteiger partial charge in [-0.1, -0.05) is 18.2 Å². The van der Waals surface area contributed by atoms with Crippen molar-refractivity contribution >= 4 is 24.0 Å². The van der Waals surface area contributed by atoms with Crippen LogP contribution in [0.1, 0.15) is 11.1 Å². The Labute approximate surface area is 182 Å². The predicted molar refractivity (Wildman–Crippen MR) is 110 cm³/mol. The molecule has 0 heterocycles. The molecule has 0 bridgehead atoms. The molecule has 2 aromatic carbocycles. The zero-order chi connectivity index (χ0) is 23.9.